The minimum absolute atomic E-state index is 0.0364. The summed E-state index contributed by atoms with van der Waals surface area (Å²) >= 11 is 0. The third kappa shape index (κ3) is 25.8. The van der Waals surface area contributed by atoms with E-state index in [2.05, 4.69) is 42.5 Å². The second kappa shape index (κ2) is 45.7. The van der Waals surface area contributed by atoms with Crippen LogP contribution in [0.15, 0.2) is 35.1 Å². The van der Waals surface area contributed by atoms with Crippen molar-refractivity contribution in [3.05, 3.63) is 68.5 Å². The highest BCUT2D eigenvalue weighted by Gasteiger charge is 2.47. The van der Waals surface area contributed by atoms with Crippen LogP contribution in [-0.4, -0.2) is 344 Å². The van der Waals surface area contributed by atoms with Crippen LogP contribution in [0, 0.1) is 5.92 Å². The lowest BCUT2D eigenvalue weighted by Gasteiger charge is -2.34. The number of carbonyl (C=O) groups excluding carboxylic acids is 11. The van der Waals surface area contributed by atoms with Crippen LogP contribution >= 0.6 is 0 Å². The number of aryl methyl sites for hydroxylation is 2. The third-order valence-electron chi connectivity index (χ3n) is 21.1. The zero-order chi connectivity index (χ0) is 88.6. The van der Waals surface area contributed by atoms with Crippen molar-refractivity contribution in [1.29, 1.82) is 0 Å². The molecular formula is C77H113N11O32. The summed E-state index contributed by atoms with van der Waals surface area (Å²) in [5.74, 6) is -9.41. The summed E-state index contributed by atoms with van der Waals surface area (Å²) in [7, 11) is 0. The molecule has 120 heavy (non-hydrogen) atoms. The van der Waals surface area contributed by atoms with Crippen molar-refractivity contribution in [2.24, 2.45) is 5.92 Å². The van der Waals surface area contributed by atoms with Crippen LogP contribution in [0.25, 0.3) is 22.3 Å². The number of nitrogens with zero attached hydrogens (tertiary/aromatic N) is 3. The monoisotopic (exact) mass is 1700 g/mol. The molecule has 16 atom stereocenters. The molecule has 668 valence electrons. The summed E-state index contributed by atoms with van der Waals surface area (Å²) in [5.41, 5.74) is 0.0935. The molecule has 3 aliphatic heterocycles. The van der Waals surface area contributed by atoms with Gasteiger partial charge in [-0.05, 0) is 87.1 Å². The molecule has 0 bridgehead atoms. The minimum atomic E-state index is -2.05. The highest BCUT2D eigenvalue weighted by atomic mass is 16.6. The van der Waals surface area contributed by atoms with Gasteiger partial charge in [-0.1, -0.05) is 27.2 Å². The molecule has 3 aromatic rings. The maximum absolute atomic E-state index is 14.8. The molecular weight excluding hydrogens is 1590 g/mol. The number of cyclic esters (lactones) is 1. The van der Waals surface area contributed by atoms with Crippen molar-refractivity contribution < 1.29 is 153 Å². The van der Waals surface area contributed by atoms with Gasteiger partial charge in [-0.2, -0.15) is 0 Å². The number of hydrogen-bond acceptors (Lipinski definition) is 33. The van der Waals surface area contributed by atoms with Crippen LogP contribution in [0.5, 0.6) is 0 Å². The van der Waals surface area contributed by atoms with E-state index in [1.165, 1.54) is 11.5 Å². The highest BCUT2D eigenvalue weighted by molar-refractivity contribution is 6.13. The number of aliphatic hydroxyl groups is 16. The fourth-order valence-electron chi connectivity index (χ4n) is 13.9. The Kier molecular flexibility index (Phi) is 37.3. The number of amides is 10. The van der Waals surface area contributed by atoms with Crippen molar-refractivity contribution in [1.82, 2.24) is 51.7 Å². The Morgan fingerprint density at radius 1 is 0.567 bits per heavy atom. The average Bonchev–Trinajstić information content (AvgIpc) is 1.52. The van der Waals surface area contributed by atoms with Crippen molar-refractivity contribution in [2.45, 2.75) is 227 Å². The molecule has 5 heterocycles. The Balaban J connectivity index is 1.10. The highest BCUT2D eigenvalue weighted by Crippen LogP contribution is 2.44. The summed E-state index contributed by atoms with van der Waals surface area (Å²) < 4.78 is 24.5. The maximum atomic E-state index is 14.8. The largest absolute Gasteiger partial charge is 0.458 e. The van der Waals surface area contributed by atoms with E-state index in [-0.39, 0.29) is 56.5 Å². The molecule has 0 spiro atoms. The van der Waals surface area contributed by atoms with Crippen LogP contribution in [0.3, 0.4) is 0 Å². The lowest BCUT2D eigenvalue weighted by Crippen LogP contribution is -2.59. The van der Waals surface area contributed by atoms with Crippen molar-refractivity contribution in [3.8, 4) is 11.4 Å². The van der Waals surface area contributed by atoms with Crippen LogP contribution < -0.4 is 48.1 Å². The molecule has 0 radical (unpaired) electrons. The van der Waals surface area contributed by atoms with Gasteiger partial charge >= 0.3 is 5.97 Å². The zero-order valence-electron chi connectivity index (χ0n) is 67.0. The van der Waals surface area contributed by atoms with Gasteiger partial charge in [0.05, 0.1) is 107 Å². The molecule has 4 aliphatic rings. The maximum Gasteiger partial charge on any atom is 0.343 e. The molecule has 0 unspecified atom stereocenters. The zero-order valence-corrected chi connectivity index (χ0v) is 67.0. The van der Waals surface area contributed by atoms with Crippen molar-refractivity contribution in [3.63, 3.8) is 0 Å². The van der Waals surface area contributed by atoms with Gasteiger partial charge in [0.1, 0.15) is 85.2 Å². The summed E-state index contributed by atoms with van der Waals surface area (Å²) in [6.07, 6.45) is -22.0. The number of benzene rings is 1. The van der Waals surface area contributed by atoms with E-state index < -0.39 is 290 Å². The van der Waals surface area contributed by atoms with Gasteiger partial charge in [0.15, 0.2) is 5.60 Å². The molecule has 0 saturated heterocycles. The summed E-state index contributed by atoms with van der Waals surface area (Å²) in [6, 6.07) is 0.589. The number of anilines is 1. The molecule has 1 aromatic carbocycles. The van der Waals surface area contributed by atoms with Gasteiger partial charge in [0.2, 0.25) is 47.3 Å². The molecule has 1 aliphatic carbocycles. The number of hydrogen-bond donors (Lipinski definition) is 24. The van der Waals surface area contributed by atoms with Gasteiger partial charge in [-0.3, -0.25) is 57.6 Å². The normalized spacial score (nSPS) is 18.7. The molecule has 24 N–H and O–H groups in total. The van der Waals surface area contributed by atoms with E-state index in [4.69, 9.17) is 23.9 Å². The molecule has 10 amide bonds. The average molecular weight is 1700 g/mol. The minimum Gasteiger partial charge on any atom is -0.458 e. The topological polar surface area (TPSA) is 683 Å². The van der Waals surface area contributed by atoms with E-state index in [1.807, 2.05) is 0 Å². The van der Waals surface area contributed by atoms with E-state index in [0.29, 0.717) is 48.3 Å². The van der Waals surface area contributed by atoms with E-state index in [1.54, 1.807) is 39.0 Å². The third-order valence-corrected chi connectivity index (χ3v) is 21.1. The lowest BCUT2D eigenvalue weighted by atomic mass is 9.85. The Hall–Kier alpha value is -9.07. The molecule has 0 saturated carbocycles. The summed E-state index contributed by atoms with van der Waals surface area (Å²) in [6.45, 7) is -2.75. The van der Waals surface area contributed by atoms with E-state index in [0.717, 1.165) is 39.1 Å². The number of rotatable bonds is 52. The van der Waals surface area contributed by atoms with Gasteiger partial charge in [0, 0.05) is 92.6 Å². The first kappa shape index (κ1) is 98.0. The number of imide groups is 1. The van der Waals surface area contributed by atoms with Gasteiger partial charge in [-0.15, -0.1) is 0 Å². The number of unbranched alkanes of at least 4 members (excludes halogenated alkanes) is 2. The van der Waals surface area contributed by atoms with Crippen molar-refractivity contribution >= 4 is 81.6 Å². The Morgan fingerprint density at radius 3 is 1.56 bits per heavy atom. The number of nitrogens with one attached hydrogen (secondary N) is 8. The quantitative estimate of drug-likeness (QED) is 0.0111. The number of ether oxygens (including phenoxy) is 4. The number of pyridine rings is 2. The Bertz CT molecular complexity index is 4040. The van der Waals surface area contributed by atoms with Crippen LogP contribution in [0.2, 0.25) is 0 Å². The van der Waals surface area contributed by atoms with Crippen molar-refractivity contribution in [2.75, 3.05) is 91.0 Å². The number of fused-ring (bicyclic) bond motifs is 5. The molecule has 0 fully saturated rings. The number of esters is 1. The predicted octanol–water partition coefficient (Wildman–Crippen LogP) is -9.37. The van der Waals surface area contributed by atoms with Crippen LogP contribution in [0.4, 0.5) is 5.69 Å². The molecule has 2 aromatic heterocycles. The predicted molar refractivity (Wildman–Crippen MR) is 415 cm³/mol. The standard InChI is InChI=1S/C77H113N11O32/c1-5-77(116)44-26-48-64-42(30-88(48)74(114)43(44)34-120-75(77)115)40-10-9-11-41-45(13-14-46(83-64)62(40)41)84-71(111)39(4)81-73(113)63(38(2)3)85-72(112)47(82-58(101)12-7-6-8-22-87-60(103)17-18-61(87)104)15-16-59(102)86-76(35-117-23-19-55(98)78-27-49(92)65(105)68(108)52(95)31-89,36-118-24-20-56(99)79-28-50(93)66(106)69(109)53(96)32-90)37-119-25-21-57(100)80-29-51(94)67(107)70(110)54(97)33-91/h13-14,17-18,26,38-39,47,49-54,63,65-70,89-97,105-110,116H,5-12,15-16,19-25,27-37H2,1-4H3,(H,78,98)(H,79,99)(H,80,100)(H,81,113)(H,82,101)(H,84,111)(H,85,112)(H,86,102)/t39-,47-,49-,50-,51-,52+,53+,54+,63-,65+,66+,67+,68+,69+,70+,77-/m0/s1. The fraction of sp³-hybridized carbons (Fsp3) is 0.649. The Morgan fingerprint density at radius 2 is 1.07 bits per heavy atom. The number of aromatic nitrogens is 2. The van der Waals surface area contributed by atoms with Gasteiger partial charge < -0.3 is 148 Å². The van der Waals surface area contributed by atoms with Gasteiger partial charge in [0.25, 0.3) is 17.4 Å². The van der Waals surface area contributed by atoms with Crippen LogP contribution in [0.1, 0.15) is 126 Å². The fourth-order valence-corrected chi connectivity index (χ4v) is 13.9. The molecule has 43 nitrogen and oxygen atoms in total. The van der Waals surface area contributed by atoms with Crippen LogP contribution in [-0.2, 0) is 103 Å². The number of carbonyl (C=O) groups is 11. The second-order valence-electron chi connectivity index (χ2n) is 30.5. The first-order valence-corrected chi connectivity index (χ1v) is 39.6. The van der Waals surface area contributed by atoms with Gasteiger partial charge in [-0.25, -0.2) is 9.78 Å². The molecule has 43 heteroatoms. The number of aliphatic hydroxyl groups excluding tert-OH is 15. The van der Waals surface area contributed by atoms with E-state index >= 15 is 0 Å². The SMILES string of the molecule is CC[C@@]1(O)C(=O)OCc2c1cc1n(c2=O)Cc2c-1nc1ccc(NC(=O)[C@H](C)NC(=O)[C@@H](NC(=O)[C@H](CCC(=O)NC(COCCC(=O)NC[C@H](O)[C@@H](O)[C@H](O)[C@H](O)CO)(COCCC(=O)NC[C@H](O)[C@@H](O)[C@H](O)[C@H](O)CO)COCCC(=O)NC[C@H](O)[C@@H](O)[C@H](O)[C@H](O)CO)NC(=O)CCCCCN3C(=O)C=CC3=O)C(C)C)c3c1c2CCC3. The first-order chi connectivity index (χ1) is 56.9. The molecule has 7 rings (SSSR count). The summed E-state index contributed by atoms with van der Waals surface area (Å²) in [5, 5.41) is 182. The smallest absolute Gasteiger partial charge is 0.343 e. The summed E-state index contributed by atoms with van der Waals surface area (Å²) in [4.78, 5) is 169. The Labute approximate surface area is 687 Å². The lowest BCUT2D eigenvalue weighted by molar-refractivity contribution is -0.172. The first-order valence-electron chi connectivity index (χ1n) is 39.6. The second-order valence-corrected chi connectivity index (χ2v) is 30.5. The van der Waals surface area contributed by atoms with E-state index in [9.17, 15) is 139 Å².